The summed E-state index contributed by atoms with van der Waals surface area (Å²) in [6.45, 7) is 5.25. The zero-order valence-corrected chi connectivity index (χ0v) is 13.9. The molecule has 0 aromatic heterocycles. The Kier molecular flexibility index (Phi) is 6.82. The molecule has 2 aromatic rings. The summed E-state index contributed by atoms with van der Waals surface area (Å²) in [5.74, 6) is 0.0843. The zero-order valence-electron chi connectivity index (χ0n) is 13.9. The monoisotopic (exact) mass is 311 g/mol. The third kappa shape index (κ3) is 6.66. The van der Waals surface area contributed by atoms with E-state index in [-0.39, 0.29) is 12.0 Å². The molecule has 3 heteroatoms. The third-order valence-corrected chi connectivity index (χ3v) is 3.58. The fourth-order valence-corrected chi connectivity index (χ4v) is 2.21. The number of nitrogens with one attached hydrogen (secondary N) is 1. The first-order valence-corrected chi connectivity index (χ1v) is 8.13. The number of carbonyl (C=O) groups excluding carboxylic acids is 1. The quantitative estimate of drug-likeness (QED) is 0.804. The van der Waals surface area contributed by atoms with Gasteiger partial charge in [0.2, 0.25) is 5.91 Å². The molecular formula is C20H25NO2. The van der Waals surface area contributed by atoms with Crippen LogP contribution in [0.15, 0.2) is 54.6 Å². The second-order valence-corrected chi connectivity index (χ2v) is 5.94. The number of hydrogen-bond donors (Lipinski definition) is 1. The van der Waals surface area contributed by atoms with Gasteiger partial charge in [0, 0.05) is 13.0 Å². The van der Waals surface area contributed by atoms with Crippen LogP contribution in [0, 0.1) is 0 Å². The summed E-state index contributed by atoms with van der Waals surface area (Å²) in [5.41, 5.74) is 3.45. The van der Waals surface area contributed by atoms with Crippen molar-refractivity contribution in [3.8, 4) is 0 Å². The first kappa shape index (κ1) is 17.2. The lowest BCUT2D eigenvalue weighted by Crippen LogP contribution is -2.23. The van der Waals surface area contributed by atoms with Gasteiger partial charge in [-0.2, -0.15) is 0 Å². The number of amides is 1. The molecular weight excluding hydrogens is 286 g/mol. The topological polar surface area (TPSA) is 38.3 Å². The summed E-state index contributed by atoms with van der Waals surface area (Å²) < 4.78 is 5.57. The Hall–Kier alpha value is -2.13. The summed E-state index contributed by atoms with van der Waals surface area (Å²) in [6, 6.07) is 18.3. The van der Waals surface area contributed by atoms with Crippen molar-refractivity contribution in [2.75, 3.05) is 0 Å². The van der Waals surface area contributed by atoms with Gasteiger partial charge >= 0.3 is 0 Å². The van der Waals surface area contributed by atoms with E-state index in [1.54, 1.807) is 0 Å². The van der Waals surface area contributed by atoms with Crippen molar-refractivity contribution in [2.45, 2.75) is 45.9 Å². The highest BCUT2D eigenvalue weighted by molar-refractivity contribution is 5.76. The van der Waals surface area contributed by atoms with Crippen molar-refractivity contribution >= 4 is 5.91 Å². The van der Waals surface area contributed by atoms with E-state index >= 15 is 0 Å². The van der Waals surface area contributed by atoms with Crippen molar-refractivity contribution in [3.63, 3.8) is 0 Å². The van der Waals surface area contributed by atoms with Crippen LogP contribution in [0.3, 0.4) is 0 Å². The molecule has 122 valence electrons. The minimum atomic E-state index is 0.0843. The number of rotatable bonds is 8. The van der Waals surface area contributed by atoms with E-state index < -0.39 is 0 Å². The van der Waals surface area contributed by atoms with E-state index in [2.05, 4.69) is 5.32 Å². The maximum Gasteiger partial charge on any atom is 0.220 e. The molecule has 0 aliphatic rings. The molecule has 0 bridgehead atoms. The predicted octanol–water partition coefficient (Wildman–Crippen LogP) is 3.86. The van der Waals surface area contributed by atoms with E-state index in [0.717, 1.165) is 17.5 Å². The van der Waals surface area contributed by atoms with E-state index in [1.165, 1.54) is 5.56 Å². The van der Waals surface area contributed by atoms with Gasteiger partial charge in [-0.05, 0) is 37.0 Å². The lowest BCUT2D eigenvalue weighted by Gasteiger charge is -2.09. The first-order chi connectivity index (χ1) is 11.1. The van der Waals surface area contributed by atoms with Crippen LogP contribution in [-0.2, 0) is 29.1 Å². The Labute approximate surface area is 138 Å². The van der Waals surface area contributed by atoms with E-state index in [0.29, 0.717) is 19.6 Å². The molecule has 1 amide bonds. The number of carbonyl (C=O) groups is 1. The Morgan fingerprint density at radius 1 is 0.957 bits per heavy atom. The van der Waals surface area contributed by atoms with Gasteiger partial charge in [-0.15, -0.1) is 0 Å². The molecule has 3 nitrogen and oxygen atoms in total. The van der Waals surface area contributed by atoms with Gasteiger partial charge in [0.15, 0.2) is 0 Å². The van der Waals surface area contributed by atoms with Crippen LogP contribution in [0.2, 0.25) is 0 Å². The van der Waals surface area contributed by atoms with E-state index in [4.69, 9.17) is 4.74 Å². The lowest BCUT2D eigenvalue weighted by atomic mass is 10.1. The first-order valence-electron chi connectivity index (χ1n) is 8.13. The lowest BCUT2D eigenvalue weighted by molar-refractivity contribution is -0.121. The molecule has 0 heterocycles. The average molecular weight is 311 g/mol. The summed E-state index contributed by atoms with van der Waals surface area (Å²) in [4.78, 5) is 11.9. The highest BCUT2D eigenvalue weighted by atomic mass is 16.5. The maximum atomic E-state index is 11.9. The van der Waals surface area contributed by atoms with Gasteiger partial charge in [0.1, 0.15) is 0 Å². The Morgan fingerprint density at radius 3 is 2.26 bits per heavy atom. The van der Waals surface area contributed by atoms with Crippen LogP contribution in [0.1, 0.15) is 37.0 Å². The van der Waals surface area contributed by atoms with Crippen LogP contribution < -0.4 is 5.32 Å². The fourth-order valence-electron chi connectivity index (χ4n) is 2.21. The van der Waals surface area contributed by atoms with Crippen molar-refractivity contribution in [1.82, 2.24) is 5.32 Å². The molecule has 1 N–H and O–H groups in total. The molecule has 0 spiro atoms. The molecule has 2 rings (SSSR count). The number of hydrogen-bond acceptors (Lipinski definition) is 2. The van der Waals surface area contributed by atoms with Gasteiger partial charge in [-0.1, -0.05) is 54.6 Å². The predicted molar refractivity (Wildman–Crippen MR) is 93.0 cm³/mol. The highest BCUT2D eigenvalue weighted by Gasteiger charge is 2.03. The molecule has 0 fully saturated rings. The molecule has 0 aliphatic heterocycles. The summed E-state index contributed by atoms with van der Waals surface area (Å²) in [6.07, 6.45) is 1.53. The van der Waals surface area contributed by atoms with Gasteiger partial charge in [-0.3, -0.25) is 4.79 Å². The van der Waals surface area contributed by atoms with Gasteiger partial charge in [-0.25, -0.2) is 0 Å². The van der Waals surface area contributed by atoms with Crippen LogP contribution >= 0.6 is 0 Å². The molecule has 0 saturated heterocycles. The standard InChI is InChI=1S/C20H25NO2/c1-16(2)23-15-19-10-8-18(9-11-19)14-21-20(22)13-12-17-6-4-3-5-7-17/h3-11,16H,12-15H2,1-2H3,(H,21,22). The SMILES string of the molecule is CC(C)OCc1ccc(CNC(=O)CCc2ccccc2)cc1. The number of aryl methyl sites for hydroxylation is 1. The van der Waals surface area contributed by atoms with Crippen molar-refractivity contribution in [3.05, 3.63) is 71.3 Å². The van der Waals surface area contributed by atoms with Crippen LogP contribution in [0.5, 0.6) is 0 Å². The highest BCUT2D eigenvalue weighted by Crippen LogP contribution is 2.07. The van der Waals surface area contributed by atoms with Crippen molar-refractivity contribution in [2.24, 2.45) is 0 Å². The van der Waals surface area contributed by atoms with Gasteiger partial charge in [0.25, 0.3) is 0 Å². The summed E-state index contributed by atoms with van der Waals surface area (Å²) in [7, 11) is 0. The number of ether oxygens (including phenoxy) is 1. The minimum absolute atomic E-state index is 0.0843. The molecule has 2 aromatic carbocycles. The smallest absolute Gasteiger partial charge is 0.220 e. The van der Waals surface area contributed by atoms with E-state index in [1.807, 2.05) is 68.4 Å². The normalized spacial score (nSPS) is 10.7. The summed E-state index contributed by atoms with van der Waals surface area (Å²) in [5, 5.41) is 2.97. The van der Waals surface area contributed by atoms with Gasteiger partial charge in [0.05, 0.1) is 12.7 Å². The Bertz CT molecular complexity index is 591. The minimum Gasteiger partial charge on any atom is -0.374 e. The molecule has 0 aliphatic carbocycles. The van der Waals surface area contributed by atoms with Crippen molar-refractivity contribution < 1.29 is 9.53 Å². The largest absolute Gasteiger partial charge is 0.374 e. The van der Waals surface area contributed by atoms with Crippen molar-refractivity contribution in [1.29, 1.82) is 0 Å². The zero-order chi connectivity index (χ0) is 16.5. The average Bonchev–Trinajstić information content (AvgIpc) is 2.58. The Balaban J connectivity index is 1.71. The third-order valence-electron chi connectivity index (χ3n) is 3.58. The van der Waals surface area contributed by atoms with Gasteiger partial charge < -0.3 is 10.1 Å². The Morgan fingerprint density at radius 2 is 1.61 bits per heavy atom. The second kappa shape index (κ2) is 9.11. The van der Waals surface area contributed by atoms with Crippen LogP contribution in [-0.4, -0.2) is 12.0 Å². The van der Waals surface area contributed by atoms with Crippen LogP contribution in [0.4, 0.5) is 0 Å². The fraction of sp³-hybridized carbons (Fsp3) is 0.350. The molecule has 0 saturated carbocycles. The maximum absolute atomic E-state index is 11.9. The molecule has 0 atom stereocenters. The molecule has 23 heavy (non-hydrogen) atoms. The summed E-state index contributed by atoms with van der Waals surface area (Å²) >= 11 is 0. The second-order valence-electron chi connectivity index (χ2n) is 5.94. The molecule has 0 radical (unpaired) electrons. The molecule has 0 unspecified atom stereocenters. The number of benzene rings is 2. The van der Waals surface area contributed by atoms with E-state index in [9.17, 15) is 4.79 Å². The van der Waals surface area contributed by atoms with Crippen LogP contribution in [0.25, 0.3) is 0 Å².